The number of halogens is 2. The van der Waals surface area contributed by atoms with Crippen molar-refractivity contribution in [3.05, 3.63) is 71.8 Å². The molecule has 0 radical (unpaired) electrons. The molecule has 0 fully saturated rings. The van der Waals surface area contributed by atoms with Gasteiger partial charge in [0, 0.05) is 6.54 Å². The Kier molecular flexibility index (Phi) is 12.0. The van der Waals surface area contributed by atoms with E-state index in [1.165, 1.54) is 0 Å². The molecular formula is C29H39F2N3O5. The van der Waals surface area contributed by atoms with Gasteiger partial charge in [0.25, 0.3) is 5.92 Å². The van der Waals surface area contributed by atoms with E-state index >= 15 is 8.78 Å². The van der Waals surface area contributed by atoms with Crippen LogP contribution in [0.4, 0.5) is 13.6 Å². The number of ether oxygens (including phenoxy) is 1. The van der Waals surface area contributed by atoms with E-state index in [2.05, 4.69) is 10.6 Å². The van der Waals surface area contributed by atoms with Crippen molar-refractivity contribution in [1.29, 1.82) is 0 Å². The number of aliphatic hydroxyl groups is 1. The maximum absolute atomic E-state index is 15.5. The molecule has 0 spiro atoms. The van der Waals surface area contributed by atoms with Crippen LogP contribution in [0.3, 0.4) is 0 Å². The third kappa shape index (κ3) is 9.40. The molecule has 39 heavy (non-hydrogen) atoms. The molecule has 0 aliphatic carbocycles. The van der Waals surface area contributed by atoms with Crippen LogP contribution in [0.5, 0.6) is 0 Å². The van der Waals surface area contributed by atoms with Crippen LogP contribution in [0.25, 0.3) is 0 Å². The molecule has 0 aliphatic rings. The van der Waals surface area contributed by atoms with Gasteiger partial charge in [0.1, 0.15) is 24.7 Å². The number of benzene rings is 2. The predicted octanol–water partition coefficient (Wildman–Crippen LogP) is 3.81. The maximum atomic E-state index is 15.5. The van der Waals surface area contributed by atoms with Crippen LogP contribution in [-0.2, 0) is 27.5 Å². The van der Waals surface area contributed by atoms with Gasteiger partial charge in [-0.05, 0) is 29.4 Å². The van der Waals surface area contributed by atoms with E-state index in [0.29, 0.717) is 5.56 Å². The predicted molar refractivity (Wildman–Crippen MR) is 144 cm³/mol. The number of rotatable bonds is 14. The lowest BCUT2D eigenvalue weighted by atomic mass is 9.82. The second-order valence-corrected chi connectivity index (χ2v) is 10.4. The molecule has 4 atom stereocenters. The van der Waals surface area contributed by atoms with Gasteiger partial charge >= 0.3 is 6.09 Å². The van der Waals surface area contributed by atoms with Crippen LogP contribution in [0.1, 0.15) is 45.2 Å². The Balaban J connectivity index is 2.12. The lowest BCUT2D eigenvalue weighted by molar-refractivity contribution is -0.159. The highest BCUT2D eigenvalue weighted by molar-refractivity contribution is 6.04. The van der Waals surface area contributed by atoms with Crippen LogP contribution in [0.2, 0.25) is 0 Å². The summed E-state index contributed by atoms with van der Waals surface area (Å²) in [5.41, 5.74) is 7.19. The summed E-state index contributed by atoms with van der Waals surface area (Å²) in [5.74, 6) is -8.39. The average Bonchev–Trinajstić information content (AvgIpc) is 2.90. The fourth-order valence-electron chi connectivity index (χ4n) is 4.18. The Morgan fingerprint density at radius 1 is 0.949 bits per heavy atom. The number of Topliss-reactive ketones (excluding diaryl/α,β-unsaturated/α-hetero) is 1. The van der Waals surface area contributed by atoms with Gasteiger partial charge in [0.2, 0.25) is 5.91 Å². The third-order valence-corrected chi connectivity index (χ3v) is 6.30. The fourth-order valence-corrected chi connectivity index (χ4v) is 4.18. The molecule has 4 unspecified atom stereocenters. The molecule has 0 aliphatic heterocycles. The summed E-state index contributed by atoms with van der Waals surface area (Å²) >= 11 is 0. The largest absolute Gasteiger partial charge is 0.445 e. The normalized spacial score (nSPS) is 14.8. The van der Waals surface area contributed by atoms with Crippen molar-refractivity contribution in [3.8, 4) is 0 Å². The van der Waals surface area contributed by atoms with Crippen molar-refractivity contribution in [2.24, 2.45) is 23.5 Å². The quantitative estimate of drug-likeness (QED) is 0.266. The molecule has 2 rings (SSSR count). The van der Waals surface area contributed by atoms with Gasteiger partial charge in [0.15, 0.2) is 5.78 Å². The van der Waals surface area contributed by atoms with Gasteiger partial charge in [-0.25, -0.2) is 13.6 Å². The van der Waals surface area contributed by atoms with Crippen molar-refractivity contribution in [2.45, 2.75) is 71.4 Å². The minimum atomic E-state index is -4.16. The van der Waals surface area contributed by atoms with Crippen molar-refractivity contribution in [1.82, 2.24) is 10.6 Å². The molecule has 2 aromatic carbocycles. The number of amides is 2. The number of carbonyl (C=O) groups is 3. The second kappa shape index (κ2) is 14.7. The smallest absolute Gasteiger partial charge is 0.407 e. The number of hydrogen-bond donors (Lipinski definition) is 4. The highest BCUT2D eigenvalue weighted by atomic mass is 19.3. The van der Waals surface area contributed by atoms with E-state index in [9.17, 15) is 19.5 Å². The lowest BCUT2D eigenvalue weighted by Gasteiger charge is -2.35. The summed E-state index contributed by atoms with van der Waals surface area (Å²) < 4.78 is 36.1. The molecule has 2 aromatic rings. The summed E-state index contributed by atoms with van der Waals surface area (Å²) in [7, 11) is 0. The van der Waals surface area contributed by atoms with Gasteiger partial charge in [-0.3, -0.25) is 9.59 Å². The molecule has 0 aromatic heterocycles. The minimum absolute atomic E-state index is 0.0384. The first-order chi connectivity index (χ1) is 18.3. The number of nitrogens with two attached hydrogens (primary N) is 1. The average molecular weight is 548 g/mol. The molecule has 0 saturated heterocycles. The van der Waals surface area contributed by atoms with Crippen LogP contribution in [0.15, 0.2) is 60.7 Å². The van der Waals surface area contributed by atoms with E-state index in [1.54, 1.807) is 82.3 Å². The first kappa shape index (κ1) is 31.8. The summed E-state index contributed by atoms with van der Waals surface area (Å²) in [6, 6.07) is 13.7. The van der Waals surface area contributed by atoms with E-state index < -0.39 is 53.7 Å². The van der Waals surface area contributed by atoms with Gasteiger partial charge in [-0.1, -0.05) is 88.4 Å². The maximum Gasteiger partial charge on any atom is 0.407 e. The SMILES string of the molecule is CC(C)CC(NC(=O)OCc1ccccc1)C(O)C(F)(F)C(N)C(=O)C(C(=O)NCc1ccccc1)C(C)C. The topological polar surface area (TPSA) is 131 Å². The molecule has 0 heterocycles. The van der Waals surface area contributed by atoms with Gasteiger partial charge < -0.3 is 26.2 Å². The number of carbonyl (C=O) groups excluding carboxylic acids is 3. The molecule has 0 saturated carbocycles. The Morgan fingerprint density at radius 2 is 1.49 bits per heavy atom. The summed E-state index contributed by atoms with van der Waals surface area (Å²) in [6.07, 6.45) is -3.55. The molecule has 0 bridgehead atoms. The van der Waals surface area contributed by atoms with Crippen molar-refractivity contribution >= 4 is 17.8 Å². The number of alkyl halides is 2. The Bertz CT molecular complexity index is 1070. The molecule has 8 nitrogen and oxygen atoms in total. The molecule has 2 amide bonds. The highest BCUT2D eigenvalue weighted by Crippen LogP contribution is 2.30. The Labute approximate surface area is 228 Å². The van der Waals surface area contributed by atoms with E-state index in [4.69, 9.17) is 10.5 Å². The molecule has 214 valence electrons. The zero-order chi connectivity index (χ0) is 29.2. The van der Waals surface area contributed by atoms with Crippen LogP contribution in [0, 0.1) is 17.8 Å². The number of hydrogen-bond acceptors (Lipinski definition) is 6. The highest BCUT2D eigenvalue weighted by Gasteiger charge is 2.53. The number of aliphatic hydroxyl groups excluding tert-OH is 1. The van der Waals surface area contributed by atoms with Crippen molar-refractivity contribution < 1.29 is 33.0 Å². The zero-order valence-corrected chi connectivity index (χ0v) is 22.8. The number of ketones is 1. The summed E-state index contributed by atoms with van der Waals surface area (Å²) in [4.78, 5) is 38.4. The van der Waals surface area contributed by atoms with E-state index in [1.807, 2.05) is 6.07 Å². The number of alkyl carbamates (subject to hydrolysis) is 1. The van der Waals surface area contributed by atoms with Crippen LogP contribution >= 0.6 is 0 Å². The van der Waals surface area contributed by atoms with Crippen molar-refractivity contribution in [3.63, 3.8) is 0 Å². The minimum Gasteiger partial charge on any atom is -0.445 e. The van der Waals surface area contributed by atoms with E-state index in [0.717, 1.165) is 5.56 Å². The summed E-state index contributed by atoms with van der Waals surface area (Å²) in [5, 5.41) is 15.6. The third-order valence-electron chi connectivity index (χ3n) is 6.30. The number of nitrogens with one attached hydrogen (secondary N) is 2. The van der Waals surface area contributed by atoms with Gasteiger partial charge in [0.05, 0.1) is 6.04 Å². The molecular weight excluding hydrogens is 508 g/mol. The zero-order valence-electron chi connectivity index (χ0n) is 22.8. The van der Waals surface area contributed by atoms with Crippen LogP contribution in [-0.4, -0.2) is 47.0 Å². The van der Waals surface area contributed by atoms with Crippen molar-refractivity contribution in [2.75, 3.05) is 0 Å². The van der Waals surface area contributed by atoms with Gasteiger partial charge in [-0.15, -0.1) is 0 Å². The Hall–Kier alpha value is -3.37. The first-order valence-electron chi connectivity index (χ1n) is 13.0. The van der Waals surface area contributed by atoms with Crippen LogP contribution < -0.4 is 16.4 Å². The van der Waals surface area contributed by atoms with Gasteiger partial charge in [-0.2, -0.15) is 0 Å². The fraction of sp³-hybridized carbons (Fsp3) is 0.483. The Morgan fingerprint density at radius 3 is 2.00 bits per heavy atom. The molecule has 5 N–H and O–H groups in total. The first-order valence-corrected chi connectivity index (χ1v) is 13.0. The monoisotopic (exact) mass is 547 g/mol. The lowest BCUT2D eigenvalue weighted by Crippen LogP contribution is -2.62. The summed E-state index contributed by atoms with van der Waals surface area (Å²) in [6.45, 7) is 6.57. The van der Waals surface area contributed by atoms with E-state index in [-0.39, 0.29) is 25.5 Å². The standard InChI is InChI=1S/C29H39F2N3O5/c1-18(2)15-22(34-28(38)39-17-21-13-9-6-10-14-21)26(36)29(30,31)25(32)24(35)23(19(3)4)27(37)33-16-20-11-7-5-8-12-20/h5-14,18-19,22-23,25-26,36H,15-17,32H2,1-4H3,(H,33,37)(H,34,38). The molecule has 10 heteroatoms. The second-order valence-electron chi connectivity index (χ2n) is 10.4.